The molecule has 0 saturated heterocycles. The molecule has 0 spiro atoms. The van der Waals surface area contributed by atoms with Crippen LogP contribution in [0, 0.1) is 5.82 Å². The molecule has 0 aliphatic rings. The van der Waals surface area contributed by atoms with Gasteiger partial charge in [-0.2, -0.15) is 0 Å². The van der Waals surface area contributed by atoms with Crippen molar-refractivity contribution in [2.24, 2.45) is 0 Å². The third kappa shape index (κ3) is 4.72. The SMILES string of the molecule is CCCNC(Cc1c(F)cccc1Cl)C(C)S(C)(=O)=O. The van der Waals surface area contributed by atoms with Crippen LogP contribution >= 0.6 is 11.6 Å². The summed E-state index contributed by atoms with van der Waals surface area (Å²) in [7, 11) is -3.21. The molecule has 0 aliphatic heterocycles. The molecule has 0 aromatic heterocycles. The largest absolute Gasteiger partial charge is 0.312 e. The van der Waals surface area contributed by atoms with Crippen molar-refractivity contribution >= 4 is 21.4 Å². The minimum atomic E-state index is -3.21. The lowest BCUT2D eigenvalue weighted by Crippen LogP contribution is -2.44. The van der Waals surface area contributed by atoms with Gasteiger partial charge in [0.2, 0.25) is 0 Å². The monoisotopic (exact) mass is 321 g/mol. The summed E-state index contributed by atoms with van der Waals surface area (Å²) in [4.78, 5) is 0. The van der Waals surface area contributed by atoms with E-state index in [4.69, 9.17) is 11.6 Å². The average molecular weight is 322 g/mol. The van der Waals surface area contributed by atoms with Crippen LogP contribution in [0.25, 0.3) is 0 Å². The molecule has 2 atom stereocenters. The number of sulfone groups is 1. The minimum Gasteiger partial charge on any atom is -0.312 e. The summed E-state index contributed by atoms with van der Waals surface area (Å²) >= 11 is 6.01. The van der Waals surface area contributed by atoms with Crippen LogP contribution in [-0.2, 0) is 16.3 Å². The highest BCUT2D eigenvalue weighted by molar-refractivity contribution is 7.91. The number of benzene rings is 1. The first-order valence-corrected chi connectivity index (χ1v) is 8.95. The van der Waals surface area contributed by atoms with Crippen LogP contribution in [-0.4, -0.2) is 32.5 Å². The second kappa shape index (κ2) is 7.38. The van der Waals surface area contributed by atoms with Gasteiger partial charge in [0.1, 0.15) is 5.82 Å². The minimum absolute atomic E-state index is 0.250. The van der Waals surface area contributed by atoms with Gasteiger partial charge in [0, 0.05) is 22.9 Å². The molecule has 0 aliphatic carbocycles. The van der Waals surface area contributed by atoms with Crippen molar-refractivity contribution < 1.29 is 12.8 Å². The Balaban J connectivity index is 3.01. The van der Waals surface area contributed by atoms with Gasteiger partial charge in [-0.1, -0.05) is 24.6 Å². The summed E-state index contributed by atoms with van der Waals surface area (Å²) in [5.74, 6) is -0.401. The zero-order valence-electron chi connectivity index (χ0n) is 12.0. The Kier molecular flexibility index (Phi) is 6.43. The molecule has 1 aromatic carbocycles. The Labute approximate surface area is 125 Å². The maximum Gasteiger partial charge on any atom is 0.151 e. The van der Waals surface area contributed by atoms with E-state index in [0.717, 1.165) is 6.42 Å². The van der Waals surface area contributed by atoms with Crippen LogP contribution in [0.15, 0.2) is 18.2 Å². The van der Waals surface area contributed by atoms with Gasteiger partial charge in [0.05, 0.1) is 5.25 Å². The van der Waals surface area contributed by atoms with Crippen LogP contribution < -0.4 is 5.32 Å². The van der Waals surface area contributed by atoms with Crippen molar-refractivity contribution in [3.05, 3.63) is 34.6 Å². The van der Waals surface area contributed by atoms with E-state index >= 15 is 0 Å². The lowest BCUT2D eigenvalue weighted by molar-refractivity contribution is 0.473. The highest BCUT2D eigenvalue weighted by atomic mass is 35.5. The van der Waals surface area contributed by atoms with Gasteiger partial charge in [-0.15, -0.1) is 0 Å². The third-order valence-electron chi connectivity index (χ3n) is 3.38. The summed E-state index contributed by atoms with van der Waals surface area (Å²) < 4.78 is 37.3. The normalized spacial score (nSPS) is 15.1. The van der Waals surface area contributed by atoms with Crippen LogP contribution in [0.3, 0.4) is 0 Å². The molecule has 0 heterocycles. The summed E-state index contributed by atoms with van der Waals surface area (Å²) in [6, 6.07) is 4.13. The maximum atomic E-state index is 13.8. The van der Waals surface area contributed by atoms with Crippen molar-refractivity contribution in [3.8, 4) is 0 Å². The molecular formula is C14H21ClFNO2S. The fourth-order valence-electron chi connectivity index (χ4n) is 1.98. The van der Waals surface area contributed by atoms with E-state index in [1.807, 2.05) is 6.92 Å². The van der Waals surface area contributed by atoms with Crippen LogP contribution in [0.2, 0.25) is 5.02 Å². The fraction of sp³-hybridized carbons (Fsp3) is 0.571. The molecule has 0 saturated carbocycles. The summed E-state index contributed by atoms with van der Waals surface area (Å²) in [6.45, 7) is 4.30. The van der Waals surface area contributed by atoms with Crippen LogP contribution in [0.5, 0.6) is 0 Å². The first kappa shape index (κ1) is 17.4. The number of nitrogens with one attached hydrogen (secondary N) is 1. The molecule has 6 heteroatoms. The second-order valence-electron chi connectivity index (χ2n) is 5.00. The first-order valence-electron chi connectivity index (χ1n) is 6.62. The summed E-state index contributed by atoms with van der Waals surface area (Å²) in [5, 5.41) is 2.90. The molecule has 114 valence electrons. The zero-order chi connectivity index (χ0) is 15.3. The standard InChI is InChI=1S/C14H21ClFNO2S/c1-4-8-17-14(10(2)20(3,18)19)9-11-12(15)6-5-7-13(11)16/h5-7,10,14,17H,4,8-9H2,1-3H3. The second-order valence-corrected chi connectivity index (χ2v) is 7.81. The highest BCUT2D eigenvalue weighted by Crippen LogP contribution is 2.22. The van der Waals surface area contributed by atoms with Gasteiger partial charge in [0.25, 0.3) is 0 Å². The lowest BCUT2D eigenvalue weighted by Gasteiger charge is -2.24. The molecule has 0 fully saturated rings. The Bertz CT molecular complexity index is 528. The summed E-state index contributed by atoms with van der Waals surface area (Å²) in [5.41, 5.74) is 0.360. The smallest absolute Gasteiger partial charge is 0.151 e. The Morgan fingerprint density at radius 2 is 2.05 bits per heavy atom. The van der Waals surface area contributed by atoms with E-state index < -0.39 is 20.9 Å². The van der Waals surface area contributed by atoms with Crippen molar-refractivity contribution in [3.63, 3.8) is 0 Å². The zero-order valence-corrected chi connectivity index (χ0v) is 13.6. The first-order chi connectivity index (χ1) is 9.27. The van der Waals surface area contributed by atoms with Crippen molar-refractivity contribution in [2.75, 3.05) is 12.8 Å². The number of hydrogen-bond acceptors (Lipinski definition) is 3. The Morgan fingerprint density at radius 3 is 2.55 bits per heavy atom. The molecule has 2 unspecified atom stereocenters. The van der Waals surface area contributed by atoms with Crippen molar-refractivity contribution in [2.45, 2.75) is 38.0 Å². The van der Waals surface area contributed by atoms with Gasteiger partial charge < -0.3 is 5.32 Å². The number of hydrogen-bond donors (Lipinski definition) is 1. The molecular weight excluding hydrogens is 301 g/mol. The molecule has 0 bridgehead atoms. The third-order valence-corrected chi connectivity index (χ3v) is 5.42. The lowest BCUT2D eigenvalue weighted by atomic mass is 10.0. The predicted molar refractivity (Wildman–Crippen MR) is 81.5 cm³/mol. The van der Waals surface area contributed by atoms with Gasteiger partial charge >= 0.3 is 0 Å². The van der Waals surface area contributed by atoms with Crippen molar-refractivity contribution in [1.29, 1.82) is 0 Å². The molecule has 1 aromatic rings. The molecule has 1 N–H and O–H groups in total. The Hall–Kier alpha value is -0.650. The topological polar surface area (TPSA) is 46.2 Å². The van der Waals surface area contributed by atoms with E-state index in [0.29, 0.717) is 17.1 Å². The predicted octanol–water partition coefficient (Wildman–Crippen LogP) is 2.82. The maximum absolute atomic E-state index is 13.8. The van der Waals surface area contributed by atoms with Crippen molar-refractivity contribution in [1.82, 2.24) is 5.32 Å². The highest BCUT2D eigenvalue weighted by Gasteiger charge is 2.27. The van der Waals surface area contributed by atoms with Gasteiger partial charge in [-0.05, 0) is 38.4 Å². The van der Waals surface area contributed by atoms with E-state index in [9.17, 15) is 12.8 Å². The van der Waals surface area contributed by atoms with Crippen LogP contribution in [0.4, 0.5) is 4.39 Å². The number of halogens is 2. The number of rotatable bonds is 7. The average Bonchev–Trinajstić information content (AvgIpc) is 2.35. The molecule has 0 radical (unpaired) electrons. The van der Waals surface area contributed by atoms with Crippen LogP contribution in [0.1, 0.15) is 25.8 Å². The van der Waals surface area contributed by atoms with E-state index in [1.54, 1.807) is 13.0 Å². The van der Waals surface area contributed by atoms with E-state index in [2.05, 4.69) is 5.32 Å². The van der Waals surface area contributed by atoms with E-state index in [1.165, 1.54) is 18.4 Å². The molecule has 1 rings (SSSR count). The fourth-order valence-corrected chi connectivity index (χ4v) is 3.01. The van der Waals surface area contributed by atoms with Gasteiger partial charge in [0.15, 0.2) is 9.84 Å². The molecule has 0 amide bonds. The van der Waals surface area contributed by atoms with E-state index in [-0.39, 0.29) is 12.5 Å². The quantitative estimate of drug-likeness (QED) is 0.840. The summed E-state index contributed by atoms with van der Waals surface area (Å²) in [6.07, 6.45) is 2.32. The Morgan fingerprint density at radius 1 is 1.40 bits per heavy atom. The molecule has 20 heavy (non-hydrogen) atoms. The van der Waals surface area contributed by atoms with Gasteiger partial charge in [-0.3, -0.25) is 0 Å². The molecule has 3 nitrogen and oxygen atoms in total. The van der Waals surface area contributed by atoms with Gasteiger partial charge in [-0.25, -0.2) is 12.8 Å².